The molecule has 4 aromatic rings. The van der Waals surface area contributed by atoms with Crippen molar-refractivity contribution in [1.29, 1.82) is 0 Å². The van der Waals surface area contributed by atoms with E-state index in [2.05, 4.69) is 20.7 Å². The number of aryl methyl sites for hydroxylation is 1. The number of carbonyl (C=O) groups excluding carboxylic acids is 1. The Bertz CT molecular complexity index is 1400. The van der Waals surface area contributed by atoms with Gasteiger partial charge in [0.05, 0.1) is 24.6 Å². The van der Waals surface area contributed by atoms with Gasteiger partial charge in [-0.25, -0.2) is 5.43 Å². The minimum atomic E-state index is -4.52. The minimum absolute atomic E-state index is 0.0829. The van der Waals surface area contributed by atoms with E-state index >= 15 is 0 Å². The van der Waals surface area contributed by atoms with E-state index in [0.29, 0.717) is 16.7 Å². The van der Waals surface area contributed by atoms with Crippen LogP contribution >= 0.6 is 11.8 Å². The molecule has 0 bridgehead atoms. The lowest BCUT2D eigenvalue weighted by atomic mass is 10.1. The van der Waals surface area contributed by atoms with E-state index in [9.17, 15) is 18.0 Å². The third-order valence-electron chi connectivity index (χ3n) is 5.27. The molecule has 0 saturated carbocycles. The summed E-state index contributed by atoms with van der Waals surface area (Å²) in [6.07, 6.45) is -3.55. The number of ether oxygens (including phenoxy) is 1. The Morgan fingerprint density at radius 1 is 1.05 bits per heavy atom. The summed E-state index contributed by atoms with van der Waals surface area (Å²) in [6.45, 7) is 1.99. The van der Waals surface area contributed by atoms with E-state index < -0.39 is 17.6 Å². The van der Waals surface area contributed by atoms with Gasteiger partial charge >= 0.3 is 6.18 Å². The Hall–Kier alpha value is -4.12. The van der Waals surface area contributed by atoms with E-state index in [0.717, 1.165) is 40.9 Å². The summed E-state index contributed by atoms with van der Waals surface area (Å²) in [5.74, 6) is 0.689. The number of carbonyl (C=O) groups is 1. The SMILES string of the molecule is COc1ccc(-n2c(SCC(=O)N/N=C\c3ccccc3C(F)(F)F)nnc2-c2ccc(C)cc2)cc1. The zero-order valence-corrected chi connectivity index (χ0v) is 20.7. The molecule has 190 valence electrons. The number of benzene rings is 3. The maximum absolute atomic E-state index is 13.1. The Balaban J connectivity index is 1.51. The van der Waals surface area contributed by atoms with E-state index in [1.165, 1.54) is 18.2 Å². The zero-order chi connectivity index (χ0) is 26.4. The summed E-state index contributed by atoms with van der Waals surface area (Å²) in [5.41, 5.74) is 4.00. The van der Waals surface area contributed by atoms with Gasteiger partial charge < -0.3 is 4.74 Å². The molecule has 4 rings (SSSR count). The van der Waals surface area contributed by atoms with Crippen molar-refractivity contribution in [2.75, 3.05) is 12.9 Å². The number of aromatic nitrogens is 3. The number of amides is 1. The highest BCUT2D eigenvalue weighted by Crippen LogP contribution is 2.31. The standard InChI is InChI=1S/C26H22F3N5O2S/c1-17-7-9-18(10-8-17)24-32-33-25(34(24)20-11-13-21(36-2)14-12-20)37-16-23(35)31-30-15-19-5-3-4-6-22(19)26(27,28)29/h3-15H,16H2,1-2H3,(H,31,35)/b30-15-. The highest BCUT2D eigenvalue weighted by Gasteiger charge is 2.32. The number of hydrogen-bond donors (Lipinski definition) is 1. The molecule has 37 heavy (non-hydrogen) atoms. The molecule has 0 fully saturated rings. The molecule has 0 aliphatic heterocycles. The molecular weight excluding hydrogens is 503 g/mol. The zero-order valence-electron chi connectivity index (χ0n) is 19.9. The number of hydrazone groups is 1. The summed E-state index contributed by atoms with van der Waals surface area (Å²) in [7, 11) is 1.58. The third-order valence-corrected chi connectivity index (χ3v) is 6.19. The lowest BCUT2D eigenvalue weighted by Crippen LogP contribution is -2.20. The molecule has 1 amide bonds. The van der Waals surface area contributed by atoms with Gasteiger partial charge in [-0.15, -0.1) is 10.2 Å². The molecule has 3 aromatic carbocycles. The fraction of sp³-hybridized carbons (Fsp3) is 0.154. The molecule has 11 heteroatoms. The van der Waals surface area contributed by atoms with Gasteiger partial charge in [-0.1, -0.05) is 59.8 Å². The number of methoxy groups -OCH3 is 1. The third kappa shape index (κ3) is 6.36. The average molecular weight is 526 g/mol. The van der Waals surface area contributed by atoms with Gasteiger partial charge in [-0.2, -0.15) is 18.3 Å². The minimum Gasteiger partial charge on any atom is -0.497 e. The second-order valence-electron chi connectivity index (χ2n) is 7.87. The first-order valence-corrected chi connectivity index (χ1v) is 12.0. The molecule has 1 heterocycles. The van der Waals surface area contributed by atoms with Crippen LogP contribution in [0.3, 0.4) is 0 Å². The van der Waals surface area contributed by atoms with Crippen molar-refractivity contribution in [2.45, 2.75) is 18.3 Å². The van der Waals surface area contributed by atoms with Crippen LogP contribution in [0.15, 0.2) is 83.1 Å². The van der Waals surface area contributed by atoms with Gasteiger partial charge in [0, 0.05) is 16.8 Å². The smallest absolute Gasteiger partial charge is 0.417 e. The second-order valence-corrected chi connectivity index (χ2v) is 8.82. The maximum atomic E-state index is 13.1. The monoisotopic (exact) mass is 525 g/mol. The highest BCUT2D eigenvalue weighted by atomic mass is 32.2. The summed E-state index contributed by atoms with van der Waals surface area (Å²) < 4.78 is 46.5. The predicted molar refractivity (Wildman–Crippen MR) is 136 cm³/mol. The fourth-order valence-corrected chi connectivity index (χ4v) is 4.17. The van der Waals surface area contributed by atoms with Gasteiger partial charge in [0.15, 0.2) is 11.0 Å². The Kier molecular flexibility index (Phi) is 7.92. The van der Waals surface area contributed by atoms with Crippen molar-refractivity contribution in [2.24, 2.45) is 5.10 Å². The first-order valence-electron chi connectivity index (χ1n) is 11.0. The molecule has 7 nitrogen and oxygen atoms in total. The average Bonchev–Trinajstić information content (AvgIpc) is 3.31. The Labute approximate surface area is 215 Å². The number of halogens is 3. The molecule has 0 aliphatic carbocycles. The summed E-state index contributed by atoms with van der Waals surface area (Å²) in [6, 6.07) is 20.1. The van der Waals surface area contributed by atoms with Crippen molar-refractivity contribution in [1.82, 2.24) is 20.2 Å². The van der Waals surface area contributed by atoms with Crippen LogP contribution in [0.5, 0.6) is 5.75 Å². The first kappa shape index (κ1) is 26.0. The largest absolute Gasteiger partial charge is 0.497 e. The lowest BCUT2D eigenvalue weighted by Gasteiger charge is -2.11. The Morgan fingerprint density at radius 3 is 2.43 bits per heavy atom. The van der Waals surface area contributed by atoms with Gasteiger partial charge in [0.2, 0.25) is 0 Å². The van der Waals surface area contributed by atoms with E-state index in [4.69, 9.17) is 4.74 Å². The van der Waals surface area contributed by atoms with Gasteiger partial charge in [0.25, 0.3) is 5.91 Å². The van der Waals surface area contributed by atoms with Crippen LogP contribution in [0.1, 0.15) is 16.7 Å². The van der Waals surface area contributed by atoms with Crippen LogP contribution in [0, 0.1) is 6.92 Å². The van der Waals surface area contributed by atoms with Gasteiger partial charge in [0.1, 0.15) is 5.75 Å². The predicted octanol–water partition coefficient (Wildman–Crippen LogP) is 5.51. The van der Waals surface area contributed by atoms with Crippen LogP contribution in [-0.4, -0.2) is 39.7 Å². The van der Waals surface area contributed by atoms with Crippen LogP contribution < -0.4 is 10.2 Å². The molecule has 0 saturated heterocycles. The van der Waals surface area contributed by atoms with Crippen molar-refractivity contribution < 1.29 is 22.7 Å². The lowest BCUT2D eigenvalue weighted by molar-refractivity contribution is -0.137. The van der Waals surface area contributed by atoms with Gasteiger partial charge in [-0.05, 0) is 37.3 Å². The normalized spacial score (nSPS) is 11.6. The molecule has 0 atom stereocenters. The van der Waals surface area contributed by atoms with Crippen molar-refractivity contribution in [3.05, 3.63) is 89.5 Å². The molecule has 0 aliphatic rings. The summed E-state index contributed by atoms with van der Waals surface area (Å²) in [4.78, 5) is 12.4. The van der Waals surface area contributed by atoms with Crippen LogP contribution in [-0.2, 0) is 11.0 Å². The number of alkyl halides is 3. The van der Waals surface area contributed by atoms with Crippen molar-refractivity contribution in [3.8, 4) is 22.8 Å². The van der Waals surface area contributed by atoms with Crippen LogP contribution in [0.2, 0.25) is 0 Å². The number of hydrogen-bond acceptors (Lipinski definition) is 6. The number of nitrogens with one attached hydrogen (secondary N) is 1. The molecule has 0 spiro atoms. The maximum Gasteiger partial charge on any atom is 0.417 e. The molecule has 1 aromatic heterocycles. The summed E-state index contributed by atoms with van der Waals surface area (Å²) in [5, 5.41) is 12.8. The van der Waals surface area contributed by atoms with Crippen molar-refractivity contribution in [3.63, 3.8) is 0 Å². The summed E-state index contributed by atoms with van der Waals surface area (Å²) >= 11 is 1.12. The number of thioether (sulfide) groups is 1. The van der Waals surface area contributed by atoms with E-state index in [1.54, 1.807) is 7.11 Å². The van der Waals surface area contributed by atoms with Crippen LogP contribution in [0.4, 0.5) is 13.2 Å². The van der Waals surface area contributed by atoms with E-state index in [1.807, 2.05) is 60.0 Å². The molecule has 1 N–H and O–H groups in total. The molecular formula is C26H22F3N5O2S. The topological polar surface area (TPSA) is 81.4 Å². The fourth-order valence-electron chi connectivity index (χ4n) is 3.42. The van der Waals surface area contributed by atoms with E-state index in [-0.39, 0.29) is 11.3 Å². The Morgan fingerprint density at radius 2 is 1.76 bits per heavy atom. The molecule has 0 unspecified atom stereocenters. The van der Waals surface area contributed by atoms with Crippen LogP contribution in [0.25, 0.3) is 17.1 Å². The number of nitrogens with zero attached hydrogens (tertiary/aromatic N) is 4. The first-order chi connectivity index (χ1) is 17.8. The van der Waals surface area contributed by atoms with Gasteiger partial charge in [-0.3, -0.25) is 9.36 Å². The second kappa shape index (κ2) is 11.3. The number of rotatable bonds is 8. The molecule has 0 radical (unpaired) electrons. The highest BCUT2D eigenvalue weighted by molar-refractivity contribution is 7.99. The van der Waals surface area contributed by atoms with Crippen molar-refractivity contribution >= 4 is 23.9 Å². The quantitative estimate of drug-likeness (QED) is 0.186.